The zero-order valence-corrected chi connectivity index (χ0v) is 8.64. The van der Waals surface area contributed by atoms with Crippen LogP contribution in [0.4, 0.5) is 0 Å². The van der Waals surface area contributed by atoms with Crippen LogP contribution in [-0.4, -0.2) is 15.2 Å². The maximum atomic E-state index is 5.75. The highest BCUT2D eigenvalue weighted by Gasteiger charge is 2.02. The number of pyridine rings is 1. The topological polar surface area (TPSA) is 41.6 Å². The van der Waals surface area contributed by atoms with Crippen molar-refractivity contribution in [3.8, 4) is 11.3 Å². The van der Waals surface area contributed by atoms with Crippen molar-refractivity contribution in [1.82, 2.24) is 15.2 Å². The summed E-state index contributed by atoms with van der Waals surface area (Å²) in [6, 6.07) is 7.31. The second-order valence-corrected chi connectivity index (χ2v) is 3.44. The fraction of sp³-hybridized carbons (Fsp3) is 0. The number of hydrogen-bond donors (Lipinski definition) is 1. The lowest BCUT2D eigenvalue weighted by Crippen LogP contribution is -1.89. The summed E-state index contributed by atoms with van der Waals surface area (Å²) in [5.74, 6) is 0. The van der Waals surface area contributed by atoms with E-state index in [1.54, 1.807) is 12.3 Å². The zero-order valence-electron chi connectivity index (χ0n) is 7.07. The van der Waals surface area contributed by atoms with Gasteiger partial charge in [0.25, 0.3) is 0 Å². The second-order valence-electron chi connectivity index (χ2n) is 2.65. The van der Waals surface area contributed by atoms with Gasteiger partial charge in [-0.2, -0.15) is 5.10 Å². The summed E-state index contributed by atoms with van der Waals surface area (Å²) in [5.41, 5.74) is 1.58. The van der Waals surface area contributed by atoms with Crippen molar-refractivity contribution >= 4 is 23.8 Å². The molecule has 0 aliphatic rings. The molecule has 0 aliphatic carbocycles. The average Bonchev–Trinajstić information content (AvgIpc) is 2.23. The Kier molecular flexibility index (Phi) is 2.56. The van der Waals surface area contributed by atoms with E-state index >= 15 is 0 Å². The van der Waals surface area contributed by atoms with Crippen LogP contribution in [0, 0.1) is 4.64 Å². The van der Waals surface area contributed by atoms with Crippen molar-refractivity contribution in [2.45, 2.75) is 0 Å². The lowest BCUT2D eigenvalue weighted by molar-refractivity contribution is 1.02. The first-order valence-electron chi connectivity index (χ1n) is 3.94. The van der Waals surface area contributed by atoms with Gasteiger partial charge >= 0.3 is 0 Å². The molecule has 0 atom stereocenters. The molecule has 1 N–H and O–H groups in total. The largest absolute Gasteiger partial charge is 0.266 e. The number of nitrogens with one attached hydrogen (secondary N) is 1. The molecule has 70 valence electrons. The van der Waals surface area contributed by atoms with E-state index in [4.69, 9.17) is 23.8 Å². The third kappa shape index (κ3) is 1.81. The normalized spacial score (nSPS) is 10.1. The molecule has 0 spiro atoms. The van der Waals surface area contributed by atoms with Crippen molar-refractivity contribution in [3.05, 3.63) is 40.3 Å². The van der Waals surface area contributed by atoms with Gasteiger partial charge in [0, 0.05) is 11.8 Å². The molecule has 0 amide bonds. The Labute approximate surface area is 90.8 Å². The fourth-order valence-electron chi connectivity index (χ4n) is 1.09. The van der Waals surface area contributed by atoms with Gasteiger partial charge in [0.15, 0.2) is 0 Å². The molecule has 0 saturated heterocycles. The fourth-order valence-corrected chi connectivity index (χ4v) is 1.45. The van der Waals surface area contributed by atoms with Crippen LogP contribution < -0.4 is 0 Å². The lowest BCUT2D eigenvalue weighted by Gasteiger charge is -1.99. The van der Waals surface area contributed by atoms with Gasteiger partial charge in [0.05, 0.1) is 5.69 Å². The molecule has 2 aromatic heterocycles. The van der Waals surface area contributed by atoms with E-state index in [2.05, 4.69) is 15.2 Å². The van der Waals surface area contributed by atoms with Gasteiger partial charge < -0.3 is 0 Å². The number of aromatic amines is 1. The molecule has 0 bridgehead atoms. The van der Waals surface area contributed by atoms with Crippen LogP contribution in [0.5, 0.6) is 0 Å². The van der Waals surface area contributed by atoms with Gasteiger partial charge in [0.1, 0.15) is 9.79 Å². The highest BCUT2D eigenvalue weighted by molar-refractivity contribution is 7.71. The molecule has 0 unspecified atom stereocenters. The van der Waals surface area contributed by atoms with E-state index in [0.29, 0.717) is 9.79 Å². The van der Waals surface area contributed by atoms with Crippen LogP contribution in [0.25, 0.3) is 11.3 Å². The Balaban J connectivity index is 2.63. The Morgan fingerprint density at radius 3 is 2.93 bits per heavy atom. The third-order valence-electron chi connectivity index (χ3n) is 1.71. The molecule has 0 saturated carbocycles. The molecule has 0 aliphatic heterocycles. The predicted molar refractivity (Wildman–Crippen MR) is 57.7 cm³/mol. The monoisotopic (exact) mass is 223 g/mol. The minimum Gasteiger partial charge on any atom is -0.266 e. The van der Waals surface area contributed by atoms with Crippen molar-refractivity contribution < 1.29 is 0 Å². The number of nitrogens with zero attached hydrogens (tertiary/aromatic N) is 2. The first-order valence-corrected chi connectivity index (χ1v) is 4.72. The Hall–Kier alpha value is -1.26. The molecular formula is C9H6ClN3S. The minimum atomic E-state index is 0.374. The van der Waals surface area contributed by atoms with Gasteiger partial charge in [-0.05, 0) is 18.2 Å². The molecule has 3 nitrogen and oxygen atoms in total. The summed E-state index contributed by atoms with van der Waals surface area (Å²) in [6.45, 7) is 0. The van der Waals surface area contributed by atoms with Gasteiger partial charge in [-0.3, -0.25) is 10.1 Å². The molecule has 2 aromatic rings. The molecule has 2 rings (SSSR count). The van der Waals surface area contributed by atoms with Crippen LogP contribution in [-0.2, 0) is 0 Å². The van der Waals surface area contributed by atoms with Gasteiger partial charge in [0.2, 0.25) is 0 Å². The van der Waals surface area contributed by atoms with Crippen molar-refractivity contribution in [3.63, 3.8) is 0 Å². The van der Waals surface area contributed by atoms with E-state index in [9.17, 15) is 0 Å². The van der Waals surface area contributed by atoms with Crippen molar-refractivity contribution in [2.75, 3.05) is 0 Å². The molecule has 0 aromatic carbocycles. The smallest absolute Gasteiger partial charge is 0.150 e. The first-order chi connectivity index (χ1) is 6.77. The summed E-state index contributed by atoms with van der Waals surface area (Å²) in [7, 11) is 0. The van der Waals surface area contributed by atoms with Crippen molar-refractivity contribution in [2.24, 2.45) is 0 Å². The van der Waals surface area contributed by atoms with Gasteiger partial charge in [-0.25, -0.2) is 0 Å². The molecule has 0 fully saturated rings. The quantitative estimate of drug-likeness (QED) is 0.756. The average molecular weight is 224 g/mol. The van der Waals surface area contributed by atoms with Gasteiger partial charge in [-0.15, -0.1) is 0 Å². The van der Waals surface area contributed by atoms with Crippen LogP contribution in [0.3, 0.4) is 0 Å². The summed E-state index contributed by atoms with van der Waals surface area (Å²) in [4.78, 5) is 4.18. The minimum absolute atomic E-state index is 0.374. The first kappa shape index (κ1) is 9.30. The zero-order chi connectivity index (χ0) is 9.97. The lowest BCUT2D eigenvalue weighted by atomic mass is 10.2. The Morgan fingerprint density at radius 2 is 2.21 bits per heavy atom. The third-order valence-corrected chi connectivity index (χ3v) is 2.22. The highest BCUT2D eigenvalue weighted by Crippen LogP contribution is 2.18. The summed E-state index contributed by atoms with van der Waals surface area (Å²) in [6.07, 6.45) is 1.71. The Bertz CT molecular complexity index is 495. The standard InChI is InChI=1S/C9H6ClN3S/c10-8-5-6(9(14)13-12-8)7-3-1-2-4-11-7/h1-5H,(H,13,14). The summed E-state index contributed by atoms with van der Waals surface area (Å²) >= 11 is 10.8. The van der Waals surface area contributed by atoms with Gasteiger partial charge in [-0.1, -0.05) is 29.9 Å². The number of H-pyrrole nitrogens is 1. The molecule has 14 heavy (non-hydrogen) atoms. The molecule has 2 heterocycles. The molecule has 0 radical (unpaired) electrons. The van der Waals surface area contributed by atoms with E-state index in [1.165, 1.54) is 0 Å². The number of rotatable bonds is 1. The van der Waals surface area contributed by atoms with E-state index < -0.39 is 0 Å². The maximum absolute atomic E-state index is 5.75. The molecule has 5 heteroatoms. The number of hydrogen-bond acceptors (Lipinski definition) is 3. The maximum Gasteiger partial charge on any atom is 0.150 e. The van der Waals surface area contributed by atoms with Crippen LogP contribution in [0.1, 0.15) is 0 Å². The van der Waals surface area contributed by atoms with Crippen LogP contribution >= 0.6 is 23.8 Å². The molecular weight excluding hydrogens is 218 g/mol. The number of halogens is 1. The second kappa shape index (κ2) is 3.86. The van der Waals surface area contributed by atoms with E-state index in [-0.39, 0.29) is 0 Å². The van der Waals surface area contributed by atoms with Crippen molar-refractivity contribution in [1.29, 1.82) is 0 Å². The van der Waals surface area contributed by atoms with Crippen LogP contribution in [0.2, 0.25) is 5.15 Å². The van der Waals surface area contributed by atoms with E-state index in [1.807, 2.05) is 18.2 Å². The summed E-state index contributed by atoms with van der Waals surface area (Å²) in [5, 5.41) is 6.81. The van der Waals surface area contributed by atoms with Crippen LogP contribution in [0.15, 0.2) is 30.5 Å². The SMILES string of the molecule is S=c1[nH]nc(Cl)cc1-c1ccccn1. The predicted octanol–water partition coefficient (Wildman–Crippen LogP) is 2.85. The highest BCUT2D eigenvalue weighted by atomic mass is 35.5. The Morgan fingerprint density at radius 1 is 1.36 bits per heavy atom. The van der Waals surface area contributed by atoms with E-state index in [0.717, 1.165) is 11.3 Å². The summed E-state index contributed by atoms with van der Waals surface area (Å²) < 4.78 is 0.535. The number of aromatic nitrogens is 3.